The number of aliphatic carboxylic acids is 1. The molecule has 0 bridgehead atoms. The van der Waals surface area contributed by atoms with Crippen LogP contribution in [0.2, 0.25) is 0 Å². The van der Waals surface area contributed by atoms with E-state index in [1.54, 1.807) is 13.2 Å². The molecule has 1 unspecified atom stereocenters. The van der Waals surface area contributed by atoms with Gasteiger partial charge in [-0.15, -0.1) is 6.58 Å². The van der Waals surface area contributed by atoms with Crippen molar-refractivity contribution in [1.82, 2.24) is 0 Å². The van der Waals surface area contributed by atoms with E-state index in [9.17, 15) is 9.90 Å². The van der Waals surface area contributed by atoms with Crippen molar-refractivity contribution >= 4 is 5.97 Å². The molecule has 1 aliphatic carbocycles. The molecule has 23 heavy (non-hydrogen) atoms. The Morgan fingerprint density at radius 3 is 2.74 bits per heavy atom. The van der Waals surface area contributed by atoms with Gasteiger partial charge in [-0.1, -0.05) is 37.5 Å². The van der Waals surface area contributed by atoms with Crippen molar-refractivity contribution in [3.8, 4) is 0 Å². The first-order valence-corrected chi connectivity index (χ1v) is 8.58. The van der Waals surface area contributed by atoms with E-state index < -0.39 is 5.97 Å². The molecule has 0 heterocycles. The van der Waals surface area contributed by atoms with Crippen LogP contribution < -0.4 is 5.11 Å². The summed E-state index contributed by atoms with van der Waals surface area (Å²) < 4.78 is 5.45. The molecule has 0 fully saturated rings. The summed E-state index contributed by atoms with van der Waals surface area (Å²) in [5, 5.41) is 11.2. The fourth-order valence-electron chi connectivity index (χ4n) is 3.10. The zero-order valence-corrected chi connectivity index (χ0v) is 15.1. The zero-order valence-electron chi connectivity index (χ0n) is 15.1. The average molecular weight is 319 g/mol. The lowest BCUT2D eigenvalue weighted by Crippen LogP contribution is -2.25. The van der Waals surface area contributed by atoms with Gasteiger partial charge in [-0.05, 0) is 63.0 Å². The number of ether oxygens (including phenoxy) is 1. The maximum atomic E-state index is 11.2. The SMILES string of the molecule is C=CC/C(C(=O)[O-])=C1\C=C(CC(C)CCCC(C)(C)OC)CC1. The smallest absolute Gasteiger partial charge is 0.0680 e. The normalized spacial score (nSPS) is 18.5. The second-order valence-electron chi connectivity index (χ2n) is 7.25. The van der Waals surface area contributed by atoms with Gasteiger partial charge in [0.1, 0.15) is 0 Å². The summed E-state index contributed by atoms with van der Waals surface area (Å²) in [4.78, 5) is 11.2. The molecule has 0 spiro atoms. The van der Waals surface area contributed by atoms with Crippen molar-refractivity contribution in [2.75, 3.05) is 7.11 Å². The molecule has 1 atom stereocenters. The minimum absolute atomic E-state index is 0.0453. The van der Waals surface area contributed by atoms with Crippen LogP contribution in [0.4, 0.5) is 0 Å². The summed E-state index contributed by atoms with van der Waals surface area (Å²) in [7, 11) is 1.76. The van der Waals surface area contributed by atoms with Gasteiger partial charge in [0.05, 0.1) is 11.6 Å². The van der Waals surface area contributed by atoms with E-state index in [1.165, 1.54) is 12.0 Å². The molecule has 0 N–H and O–H groups in total. The van der Waals surface area contributed by atoms with Gasteiger partial charge in [0.15, 0.2) is 0 Å². The van der Waals surface area contributed by atoms with Gasteiger partial charge in [-0.3, -0.25) is 0 Å². The predicted octanol–water partition coefficient (Wildman–Crippen LogP) is 3.95. The van der Waals surface area contributed by atoms with Gasteiger partial charge in [0.25, 0.3) is 0 Å². The highest BCUT2D eigenvalue weighted by Gasteiger charge is 2.18. The van der Waals surface area contributed by atoms with E-state index in [2.05, 4.69) is 33.4 Å². The molecular weight excluding hydrogens is 288 g/mol. The van der Waals surface area contributed by atoms with Crippen molar-refractivity contribution in [3.63, 3.8) is 0 Å². The van der Waals surface area contributed by atoms with Crippen LogP contribution in [0.1, 0.15) is 65.7 Å². The molecule has 0 aromatic heterocycles. The Bertz CT molecular complexity index is 483. The van der Waals surface area contributed by atoms with Crippen LogP contribution in [-0.4, -0.2) is 18.7 Å². The number of hydrogen-bond donors (Lipinski definition) is 0. The lowest BCUT2D eigenvalue weighted by atomic mass is 9.92. The summed E-state index contributed by atoms with van der Waals surface area (Å²) in [6, 6.07) is 0. The Kier molecular flexibility index (Phi) is 7.77. The summed E-state index contributed by atoms with van der Waals surface area (Å²) >= 11 is 0. The highest BCUT2D eigenvalue weighted by atomic mass is 16.5. The first-order valence-electron chi connectivity index (χ1n) is 8.58. The van der Waals surface area contributed by atoms with Gasteiger partial charge >= 0.3 is 0 Å². The van der Waals surface area contributed by atoms with E-state index >= 15 is 0 Å². The van der Waals surface area contributed by atoms with Crippen LogP contribution in [0.5, 0.6) is 0 Å². The molecular formula is C20H31O3-. The number of hydrogen-bond acceptors (Lipinski definition) is 3. The van der Waals surface area contributed by atoms with Crippen molar-refractivity contribution in [1.29, 1.82) is 0 Å². The maximum Gasteiger partial charge on any atom is 0.0680 e. The Morgan fingerprint density at radius 2 is 2.17 bits per heavy atom. The molecule has 0 radical (unpaired) electrons. The largest absolute Gasteiger partial charge is 0.545 e. The van der Waals surface area contributed by atoms with E-state index in [-0.39, 0.29) is 5.60 Å². The standard InChI is InChI=1S/C20H32O3/c1-6-8-18(19(21)22)17-11-10-16(14-17)13-15(2)9-7-12-20(3,4)23-5/h6,14-15H,1,7-13H2,2-5H3,(H,21,22)/p-1/b18-17+. The Morgan fingerprint density at radius 1 is 1.48 bits per heavy atom. The monoisotopic (exact) mass is 319 g/mol. The average Bonchev–Trinajstić information content (AvgIpc) is 2.92. The van der Waals surface area contributed by atoms with E-state index in [1.807, 2.05) is 0 Å². The second kappa shape index (κ2) is 9.07. The van der Waals surface area contributed by atoms with E-state index in [4.69, 9.17) is 4.74 Å². The number of carbonyl (C=O) groups is 1. The van der Waals surface area contributed by atoms with Gasteiger partial charge in [-0.2, -0.15) is 0 Å². The van der Waals surface area contributed by atoms with Crippen molar-refractivity contribution in [2.24, 2.45) is 5.92 Å². The van der Waals surface area contributed by atoms with E-state index in [0.717, 1.165) is 37.7 Å². The quantitative estimate of drug-likeness (QED) is 0.452. The number of methoxy groups -OCH3 is 1. The number of carbonyl (C=O) groups excluding carboxylic acids is 1. The Hall–Kier alpha value is -1.35. The van der Waals surface area contributed by atoms with Gasteiger partial charge in [0, 0.05) is 7.11 Å². The molecule has 0 amide bonds. The van der Waals surface area contributed by atoms with Crippen molar-refractivity contribution in [2.45, 2.75) is 71.3 Å². The number of carboxylic acids is 1. The Balaban J connectivity index is 2.54. The fraction of sp³-hybridized carbons (Fsp3) is 0.650. The highest BCUT2D eigenvalue weighted by Crippen LogP contribution is 2.32. The van der Waals surface area contributed by atoms with Crippen molar-refractivity contribution in [3.05, 3.63) is 35.5 Å². The topological polar surface area (TPSA) is 49.4 Å². The summed E-state index contributed by atoms with van der Waals surface area (Å²) in [5.41, 5.74) is 2.63. The van der Waals surface area contributed by atoms with Crippen LogP contribution in [0.25, 0.3) is 0 Å². The molecule has 0 saturated carbocycles. The second-order valence-corrected chi connectivity index (χ2v) is 7.25. The lowest BCUT2D eigenvalue weighted by Gasteiger charge is -2.23. The highest BCUT2D eigenvalue weighted by molar-refractivity contribution is 5.87. The zero-order chi connectivity index (χ0) is 17.5. The summed E-state index contributed by atoms with van der Waals surface area (Å²) in [6.45, 7) is 10.1. The summed E-state index contributed by atoms with van der Waals surface area (Å²) in [5.74, 6) is -0.452. The lowest BCUT2D eigenvalue weighted by molar-refractivity contribution is -0.299. The van der Waals surface area contributed by atoms with Crippen LogP contribution in [0.15, 0.2) is 35.5 Å². The molecule has 1 rings (SSSR count). The molecule has 0 aromatic rings. The number of allylic oxidation sites excluding steroid dienone is 4. The molecule has 0 aliphatic heterocycles. The fourth-order valence-corrected chi connectivity index (χ4v) is 3.10. The van der Waals surface area contributed by atoms with Crippen LogP contribution in [0, 0.1) is 5.92 Å². The minimum Gasteiger partial charge on any atom is -0.545 e. The van der Waals surface area contributed by atoms with Crippen LogP contribution >= 0.6 is 0 Å². The molecule has 130 valence electrons. The van der Waals surface area contributed by atoms with Gasteiger partial charge in [-0.25, -0.2) is 0 Å². The van der Waals surface area contributed by atoms with Gasteiger partial charge < -0.3 is 14.6 Å². The molecule has 1 aliphatic rings. The van der Waals surface area contributed by atoms with Crippen LogP contribution in [-0.2, 0) is 9.53 Å². The molecule has 3 nitrogen and oxygen atoms in total. The predicted molar refractivity (Wildman–Crippen MR) is 92.9 cm³/mol. The minimum atomic E-state index is -1.06. The van der Waals surface area contributed by atoms with Gasteiger partial charge in [0.2, 0.25) is 0 Å². The number of carboxylic acid groups (broad SMARTS) is 1. The maximum absolute atomic E-state index is 11.2. The third-order valence-corrected chi connectivity index (χ3v) is 4.72. The molecule has 0 saturated heterocycles. The molecule has 0 aromatic carbocycles. The third kappa shape index (κ3) is 6.74. The first-order chi connectivity index (χ1) is 10.8. The van der Waals surface area contributed by atoms with Crippen LogP contribution in [0.3, 0.4) is 0 Å². The number of rotatable bonds is 10. The third-order valence-electron chi connectivity index (χ3n) is 4.72. The first kappa shape index (κ1) is 19.7. The van der Waals surface area contributed by atoms with E-state index in [0.29, 0.717) is 17.9 Å². The van der Waals surface area contributed by atoms with Crippen molar-refractivity contribution < 1.29 is 14.6 Å². The Labute approximate surface area is 141 Å². The molecule has 3 heteroatoms. The summed E-state index contributed by atoms with van der Waals surface area (Å²) in [6.07, 6.45) is 10.3.